The van der Waals surface area contributed by atoms with Gasteiger partial charge in [0.15, 0.2) is 0 Å². The standard InChI is InChI=1S/C19H16N2O7/c1-27-18(23)14(10-11-6-8-12(22)9-7-11)20-16-13-4-2-3-5-15(13)28-19(24)17(16)21(25)26/h2-9,14,20,22H,10H2,1H3/t14-/m0/s1. The summed E-state index contributed by atoms with van der Waals surface area (Å²) < 4.78 is 9.81. The Morgan fingerprint density at radius 2 is 1.93 bits per heavy atom. The van der Waals surface area contributed by atoms with Crippen molar-refractivity contribution in [3.63, 3.8) is 0 Å². The molecule has 3 rings (SSSR count). The van der Waals surface area contributed by atoms with Crippen LogP contribution in [0, 0.1) is 10.1 Å². The lowest BCUT2D eigenvalue weighted by Gasteiger charge is -2.18. The summed E-state index contributed by atoms with van der Waals surface area (Å²) in [4.78, 5) is 35.0. The van der Waals surface area contributed by atoms with E-state index >= 15 is 0 Å². The van der Waals surface area contributed by atoms with Gasteiger partial charge in [0.2, 0.25) is 0 Å². The predicted octanol–water partition coefficient (Wildman–Crippen LogP) is 2.60. The fourth-order valence-electron chi connectivity index (χ4n) is 2.83. The summed E-state index contributed by atoms with van der Waals surface area (Å²) in [6, 6.07) is 11.4. The SMILES string of the molecule is COC(=O)[C@H](Cc1ccc(O)cc1)Nc1c([N+](=O)[O-])c(=O)oc2ccccc12. The van der Waals surface area contributed by atoms with Crippen molar-refractivity contribution in [2.75, 3.05) is 12.4 Å². The van der Waals surface area contributed by atoms with Crippen LogP contribution in [0.1, 0.15) is 5.56 Å². The molecule has 144 valence electrons. The van der Waals surface area contributed by atoms with Gasteiger partial charge in [0.05, 0.1) is 12.0 Å². The first kappa shape index (κ1) is 18.9. The number of carbonyl (C=O) groups is 1. The highest BCUT2D eigenvalue weighted by molar-refractivity contribution is 5.96. The van der Waals surface area contributed by atoms with E-state index in [4.69, 9.17) is 9.15 Å². The summed E-state index contributed by atoms with van der Waals surface area (Å²) >= 11 is 0. The number of nitro groups is 1. The summed E-state index contributed by atoms with van der Waals surface area (Å²) in [7, 11) is 1.19. The maximum absolute atomic E-state index is 12.3. The number of ether oxygens (including phenoxy) is 1. The molecule has 0 aliphatic carbocycles. The molecule has 0 unspecified atom stereocenters. The Kier molecular flexibility index (Phi) is 5.25. The Bertz CT molecular complexity index is 1090. The number of nitrogens with zero attached hydrogens (tertiary/aromatic N) is 1. The molecule has 3 aromatic rings. The number of anilines is 1. The number of para-hydroxylation sites is 1. The molecule has 0 bridgehead atoms. The van der Waals surface area contributed by atoms with Crippen LogP contribution in [0.25, 0.3) is 11.0 Å². The average molecular weight is 384 g/mol. The molecule has 0 aliphatic heterocycles. The molecular formula is C19H16N2O7. The second kappa shape index (κ2) is 7.78. The van der Waals surface area contributed by atoms with Gasteiger partial charge in [-0.1, -0.05) is 24.3 Å². The highest BCUT2D eigenvalue weighted by atomic mass is 16.6. The molecule has 9 nitrogen and oxygen atoms in total. The normalized spacial score (nSPS) is 11.8. The van der Waals surface area contributed by atoms with Gasteiger partial charge in [-0.3, -0.25) is 10.1 Å². The van der Waals surface area contributed by atoms with E-state index in [1.165, 1.54) is 25.3 Å². The summed E-state index contributed by atoms with van der Waals surface area (Å²) in [5.41, 5.74) is -1.21. The van der Waals surface area contributed by atoms with Crippen LogP contribution in [0.5, 0.6) is 5.75 Å². The molecule has 0 saturated carbocycles. The van der Waals surface area contributed by atoms with Crippen molar-refractivity contribution in [1.82, 2.24) is 0 Å². The molecule has 0 saturated heterocycles. The Labute approximate surface area is 158 Å². The summed E-state index contributed by atoms with van der Waals surface area (Å²) in [5.74, 6) is -0.603. The molecule has 2 N–H and O–H groups in total. The van der Waals surface area contributed by atoms with E-state index in [-0.39, 0.29) is 28.8 Å². The van der Waals surface area contributed by atoms with Gasteiger partial charge in [0.25, 0.3) is 0 Å². The third kappa shape index (κ3) is 3.78. The molecular weight excluding hydrogens is 368 g/mol. The van der Waals surface area contributed by atoms with Gasteiger partial charge in [-0.2, -0.15) is 0 Å². The zero-order valence-corrected chi connectivity index (χ0v) is 14.7. The van der Waals surface area contributed by atoms with Crippen LogP contribution in [-0.2, 0) is 16.0 Å². The van der Waals surface area contributed by atoms with Gasteiger partial charge < -0.3 is 19.6 Å². The Morgan fingerprint density at radius 1 is 1.25 bits per heavy atom. The van der Waals surface area contributed by atoms with Crippen molar-refractivity contribution in [2.45, 2.75) is 12.5 Å². The number of esters is 1. The maximum Gasteiger partial charge on any atom is 0.417 e. The van der Waals surface area contributed by atoms with E-state index in [2.05, 4.69) is 5.32 Å². The van der Waals surface area contributed by atoms with Crippen molar-refractivity contribution in [3.8, 4) is 5.75 Å². The zero-order valence-electron chi connectivity index (χ0n) is 14.7. The van der Waals surface area contributed by atoms with E-state index < -0.39 is 28.2 Å². The first-order valence-electron chi connectivity index (χ1n) is 8.23. The summed E-state index contributed by atoms with van der Waals surface area (Å²) in [5, 5.41) is 23.9. The van der Waals surface area contributed by atoms with Gasteiger partial charge >= 0.3 is 17.3 Å². The van der Waals surface area contributed by atoms with Gasteiger partial charge in [-0.25, -0.2) is 9.59 Å². The van der Waals surface area contributed by atoms with Crippen molar-refractivity contribution < 1.29 is 24.0 Å². The lowest BCUT2D eigenvalue weighted by molar-refractivity contribution is -0.386. The van der Waals surface area contributed by atoms with Crippen LogP contribution in [0.15, 0.2) is 57.7 Å². The van der Waals surface area contributed by atoms with Crippen LogP contribution in [0.3, 0.4) is 0 Å². The molecule has 0 spiro atoms. The minimum Gasteiger partial charge on any atom is -0.508 e. The van der Waals surface area contributed by atoms with Crippen LogP contribution in [0.4, 0.5) is 11.4 Å². The highest BCUT2D eigenvalue weighted by Gasteiger charge is 2.29. The van der Waals surface area contributed by atoms with Crippen molar-refractivity contribution in [2.24, 2.45) is 0 Å². The van der Waals surface area contributed by atoms with Crippen LogP contribution < -0.4 is 10.9 Å². The minimum absolute atomic E-state index is 0.0635. The third-order valence-corrected chi connectivity index (χ3v) is 4.15. The molecule has 0 fully saturated rings. The number of carbonyl (C=O) groups excluding carboxylic acids is 1. The number of benzene rings is 2. The number of methoxy groups -OCH3 is 1. The number of phenolic OH excluding ortho intramolecular Hbond substituents is 1. The number of phenols is 1. The molecule has 0 radical (unpaired) electrons. The van der Waals surface area contributed by atoms with Crippen molar-refractivity contribution in [1.29, 1.82) is 0 Å². The first-order valence-corrected chi connectivity index (χ1v) is 8.23. The number of hydrogen-bond donors (Lipinski definition) is 2. The number of nitrogens with one attached hydrogen (secondary N) is 1. The predicted molar refractivity (Wildman–Crippen MR) is 100 cm³/mol. The minimum atomic E-state index is -1.13. The first-order chi connectivity index (χ1) is 13.4. The largest absolute Gasteiger partial charge is 0.508 e. The molecule has 28 heavy (non-hydrogen) atoms. The third-order valence-electron chi connectivity index (χ3n) is 4.15. The molecule has 1 aromatic heterocycles. The van der Waals surface area contributed by atoms with Crippen LogP contribution >= 0.6 is 0 Å². The number of aromatic hydroxyl groups is 1. The van der Waals surface area contributed by atoms with Crippen molar-refractivity contribution in [3.05, 3.63) is 74.6 Å². The fourth-order valence-corrected chi connectivity index (χ4v) is 2.83. The summed E-state index contributed by atoms with van der Waals surface area (Å²) in [6.45, 7) is 0. The quantitative estimate of drug-likeness (QED) is 0.287. The second-order valence-corrected chi connectivity index (χ2v) is 5.96. The van der Waals surface area contributed by atoms with Crippen molar-refractivity contribution >= 4 is 28.3 Å². The highest BCUT2D eigenvalue weighted by Crippen LogP contribution is 2.31. The molecule has 0 amide bonds. The lowest BCUT2D eigenvalue weighted by atomic mass is 10.0. The number of rotatable bonds is 6. The maximum atomic E-state index is 12.3. The second-order valence-electron chi connectivity index (χ2n) is 5.96. The zero-order chi connectivity index (χ0) is 20.3. The topological polar surface area (TPSA) is 132 Å². The molecule has 0 aliphatic rings. The van der Waals surface area contributed by atoms with Crippen LogP contribution in [-0.4, -0.2) is 29.2 Å². The smallest absolute Gasteiger partial charge is 0.417 e. The molecule has 9 heteroatoms. The summed E-state index contributed by atoms with van der Waals surface area (Å²) in [6.07, 6.45) is 0.110. The number of hydrogen-bond acceptors (Lipinski definition) is 8. The lowest BCUT2D eigenvalue weighted by Crippen LogP contribution is -2.33. The fraction of sp³-hybridized carbons (Fsp3) is 0.158. The van der Waals surface area contributed by atoms with E-state index in [1.807, 2.05) is 0 Å². The number of fused-ring (bicyclic) bond motifs is 1. The van der Waals surface area contributed by atoms with Gasteiger partial charge in [0, 0.05) is 11.8 Å². The Morgan fingerprint density at radius 3 is 2.57 bits per heavy atom. The Balaban J connectivity index is 2.09. The van der Waals surface area contributed by atoms with Gasteiger partial charge in [0.1, 0.15) is 23.1 Å². The molecule has 1 heterocycles. The van der Waals surface area contributed by atoms with Gasteiger partial charge in [-0.15, -0.1) is 0 Å². The average Bonchev–Trinajstić information content (AvgIpc) is 2.68. The van der Waals surface area contributed by atoms with E-state index in [9.17, 15) is 24.8 Å². The Hall–Kier alpha value is -3.88. The van der Waals surface area contributed by atoms with E-state index in [1.54, 1.807) is 30.3 Å². The molecule has 2 aromatic carbocycles. The van der Waals surface area contributed by atoms with Gasteiger partial charge in [-0.05, 0) is 29.8 Å². The van der Waals surface area contributed by atoms with E-state index in [0.29, 0.717) is 5.56 Å². The molecule has 1 atom stereocenters. The van der Waals surface area contributed by atoms with Crippen LogP contribution in [0.2, 0.25) is 0 Å². The van der Waals surface area contributed by atoms with E-state index in [0.717, 1.165) is 0 Å². The monoisotopic (exact) mass is 384 g/mol.